The smallest absolute Gasteiger partial charge is 0.231 e. The number of rotatable bonds is 2. The van der Waals surface area contributed by atoms with Gasteiger partial charge in [0.25, 0.3) is 0 Å². The van der Waals surface area contributed by atoms with Crippen molar-refractivity contribution >= 4 is 17.9 Å². The summed E-state index contributed by atoms with van der Waals surface area (Å²) in [6.07, 6.45) is 2.00. The number of hydrogen-bond acceptors (Lipinski definition) is 4. The average molecular weight is 241 g/mol. The topological polar surface area (TPSA) is 55.8 Å². The molecule has 1 aliphatic heterocycles. The molecule has 1 N–H and O–H groups in total. The maximum Gasteiger partial charge on any atom is 0.231 e. The second-order valence-electron chi connectivity index (χ2n) is 4.03. The molecular weight excluding hydrogens is 232 g/mol. The van der Waals surface area contributed by atoms with Gasteiger partial charge < -0.3 is 14.6 Å². The summed E-state index contributed by atoms with van der Waals surface area (Å²) in [7, 11) is 0. The van der Waals surface area contributed by atoms with Crippen LogP contribution in [0.5, 0.6) is 11.5 Å². The molecule has 1 aliphatic carbocycles. The van der Waals surface area contributed by atoms with Crippen molar-refractivity contribution in [1.82, 2.24) is 0 Å². The van der Waals surface area contributed by atoms with Crippen LogP contribution in [-0.2, 0) is 5.60 Å². The zero-order valence-electron chi connectivity index (χ0n) is 8.33. The third-order valence-corrected chi connectivity index (χ3v) is 3.29. The van der Waals surface area contributed by atoms with E-state index in [-0.39, 0.29) is 17.4 Å². The van der Waals surface area contributed by atoms with Crippen molar-refractivity contribution in [2.75, 3.05) is 6.79 Å². The lowest BCUT2D eigenvalue weighted by Gasteiger charge is -2.13. The molecule has 1 aromatic carbocycles. The van der Waals surface area contributed by atoms with Gasteiger partial charge in [-0.05, 0) is 18.9 Å². The monoisotopic (exact) mass is 240 g/mol. The van der Waals surface area contributed by atoms with Crippen LogP contribution in [0.4, 0.5) is 0 Å². The van der Waals surface area contributed by atoms with Crippen molar-refractivity contribution in [2.24, 2.45) is 0 Å². The molecule has 0 spiro atoms. The Morgan fingerprint density at radius 3 is 2.69 bits per heavy atom. The molecule has 0 amide bonds. The van der Waals surface area contributed by atoms with Crippen LogP contribution in [0.1, 0.15) is 28.8 Å². The SMILES string of the molecule is O=Cc1c(Cl)cc(C2(O)CC2)c2c1OCO2. The minimum Gasteiger partial charge on any atom is -0.453 e. The fourth-order valence-electron chi connectivity index (χ4n) is 1.90. The molecule has 1 heterocycles. The number of ether oxygens (including phenoxy) is 2. The van der Waals surface area contributed by atoms with Crippen LogP contribution in [0, 0.1) is 0 Å². The lowest BCUT2D eigenvalue weighted by Crippen LogP contribution is -2.06. The highest BCUT2D eigenvalue weighted by Gasteiger charge is 2.46. The number of aldehydes is 1. The molecule has 1 saturated carbocycles. The third kappa shape index (κ3) is 1.23. The predicted molar refractivity (Wildman–Crippen MR) is 56.1 cm³/mol. The van der Waals surface area contributed by atoms with Crippen molar-refractivity contribution < 1.29 is 19.4 Å². The average Bonchev–Trinajstić information content (AvgIpc) is 2.83. The summed E-state index contributed by atoms with van der Waals surface area (Å²) < 4.78 is 10.5. The first kappa shape index (κ1) is 9.93. The number of carbonyl (C=O) groups excluding carboxylic acids is 1. The van der Waals surface area contributed by atoms with Crippen LogP contribution in [0.2, 0.25) is 5.02 Å². The molecule has 16 heavy (non-hydrogen) atoms. The van der Waals surface area contributed by atoms with Gasteiger partial charge in [0.15, 0.2) is 17.8 Å². The Morgan fingerprint density at radius 2 is 2.06 bits per heavy atom. The molecule has 2 aliphatic rings. The van der Waals surface area contributed by atoms with E-state index in [1.807, 2.05) is 0 Å². The van der Waals surface area contributed by atoms with E-state index < -0.39 is 5.60 Å². The van der Waals surface area contributed by atoms with Gasteiger partial charge in [0, 0.05) is 5.56 Å². The van der Waals surface area contributed by atoms with Crippen molar-refractivity contribution in [1.29, 1.82) is 0 Å². The van der Waals surface area contributed by atoms with E-state index in [4.69, 9.17) is 21.1 Å². The fourth-order valence-corrected chi connectivity index (χ4v) is 2.14. The molecule has 5 heteroatoms. The van der Waals surface area contributed by atoms with Gasteiger partial charge in [-0.1, -0.05) is 11.6 Å². The third-order valence-electron chi connectivity index (χ3n) is 2.97. The Labute approximate surface area is 96.7 Å². The molecule has 1 fully saturated rings. The second kappa shape index (κ2) is 3.12. The van der Waals surface area contributed by atoms with Gasteiger partial charge in [-0.2, -0.15) is 0 Å². The number of benzene rings is 1. The van der Waals surface area contributed by atoms with Gasteiger partial charge in [0.2, 0.25) is 6.79 Å². The maximum atomic E-state index is 10.9. The molecule has 0 radical (unpaired) electrons. The summed E-state index contributed by atoms with van der Waals surface area (Å²) in [6, 6.07) is 1.59. The molecule has 0 bridgehead atoms. The van der Waals surface area contributed by atoms with E-state index in [0.29, 0.717) is 36.2 Å². The minimum absolute atomic E-state index is 0.0552. The Morgan fingerprint density at radius 1 is 1.38 bits per heavy atom. The molecule has 84 valence electrons. The summed E-state index contributed by atoms with van der Waals surface area (Å²) in [5.74, 6) is 0.796. The molecule has 0 atom stereocenters. The van der Waals surface area contributed by atoms with Crippen molar-refractivity contribution in [3.63, 3.8) is 0 Å². The van der Waals surface area contributed by atoms with Gasteiger partial charge in [-0.15, -0.1) is 0 Å². The lowest BCUT2D eigenvalue weighted by molar-refractivity contribution is 0.111. The summed E-state index contributed by atoms with van der Waals surface area (Å²) >= 11 is 5.97. The van der Waals surface area contributed by atoms with Gasteiger partial charge in [-0.3, -0.25) is 4.79 Å². The van der Waals surface area contributed by atoms with Crippen molar-refractivity contribution in [3.05, 3.63) is 22.2 Å². The fraction of sp³-hybridized carbons (Fsp3) is 0.364. The molecule has 0 unspecified atom stereocenters. The Kier molecular flexibility index (Phi) is 1.94. The summed E-state index contributed by atoms with van der Waals surface area (Å²) in [5, 5.41) is 10.4. The van der Waals surface area contributed by atoms with Crippen molar-refractivity contribution in [2.45, 2.75) is 18.4 Å². The highest BCUT2D eigenvalue weighted by molar-refractivity contribution is 6.33. The van der Waals surface area contributed by atoms with E-state index in [0.717, 1.165) is 0 Å². The number of hydrogen-bond donors (Lipinski definition) is 1. The molecule has 3 rings (SSSR count). The Bertz CT molecular complexity index is 479. The van der Waals surface area contributed by atoms with Crippen LogP contribution >= 0.6 is 11.6 Å². The van der Waals surface area contributed by atoms with E-state index >= 15 is 0 Å². The van der Waals surface area contributed by atoms with Gasteiger partial charge in [0.05, 0.1) is 16.2 Å². The highest BCUT2D eigenvalue weighted by atomic mass is 35.5. The first-order valence-electron chi connectivity index (χ1n) is 4.96. The number of carbonyl (C=O) groups is 1. The minimum atomic E-state index is -0.858. The van der Waals surface area contributed by atoms with Gasteiger partial charge >= 0.3 is 0 Å². The highest BCUT2D eigenvalue weighted by Crippen LogP contribution is 2.54. The number of halogens is 1. The Balaban J connectivity index is 2.25. The zero-order chi connectivity index (χ0) is 11.3. The predicted octanol–water partition coefficient (Wildman–Crippen LogP) is 1.86. The molecule has 0 aromatic heterocycles. The van der Waals surface area contributed by atoms with E-state index in [2.05, 4.69) is 0 Å². The van der Waals surface area contributed by atoms with Crippen LogP contribution in [0.3, 0.4) is 0 Å². The molecule has 0 saturated heterocycles. The first-order valence-corrected chi connectivity index (χ1v) is 5.33. The zero-order valence-corrected chi connectivity index (χ0v) is 9.08. The first-order chi connectivity index (χ1) is 7.65. The summed E-state index contributed by atoms with van der Waals surface area (Å²) in [4.78, 5) is 10.9. The number of aliphatic hydroxyl groups is 1. The molecule has 4 nitrogen and oxygen atoms in total. The molecular formula is C11H9ClO4. The van der Waals surface area contributed by atoms with Gasteiger partial charge in [0.1, 0.15) is 0 Å². The standard InChI is InChI=1S/C11H9ClO4/c12-8-3-7(11(14)1-2-11)10-9(6(8)4-13)15-5-16-10/h3-4,14H,1-2,5H2. The van der Waals surface area contributed by atoms with Gasteiger partial charge in [-0.25, -0.2) is 0 Å². The molecule has 1 aromatic rings. The largest absolute Gasteiger partial charge is 0.453 e. The summed E-state index contributed by atoms with van der Waals surface area (Å²) in [6.45, 7) is 0.0552. The van der Waals surface area contributed by atoms with Crippen LogP contribution in [-0.4, -0.2) is 18.2 Å². The van der Waals surface area contributed by atoms with E-state index in [9.17, 15) is 9.90 Å². The van der Waals surface area contributed by atoms with Crippen LogP contribution in [0.15, 0.2) is 6.07 Å². The van der Waals surface area contributed by atoms with Crippen LogP contribution in [0.25, 0.3) is 0 Å². The number of fused-ring (bicyclic) bond motifs is 1. The van der Waals surface area contributed by atoms with E-state index in [1.54, 1.807) is 6.07 Å². The Hall–Kier alpha value is -1.26. The normalized spacial score (nSPS) is 19.6. The summed E-state index contributed by atoms with van der Waals surface area (Å²) in [5.41, 5.74) is 0.0424. The lowest BCUT2D eigenvalue weighted by atomic mass is 10.0. The van der Waals surface area contributed by atoms with Crippen LogP contribution < -0.4 is 9.47 Å². The second-order valence-corrected chi connectivity index (χ2v) is 4.44. The maximum absolute atomic E-state index is 10.9. The van der Waals surface area contributed by atoms with E-state index in [1.165, 1.54) is 0 Å². The quantitative estimate of drug-likeness (QED) is 0.802. The van der Waals surface area contributed by atoms with Crippen molar-refractivity contribution in [3.8, 4) is 11.5 Å².